The Morgan fingerprint density at radius 1 is 0.722 bits per heavy atom. The van der Waals surface area contributed by atoms with Crippen LogP contribution in [0.1, 0.15) is 124 Å². The van der Waals surface area contributed by atoms with E-state index in [1.807, 2.05) is 12.1 Å². The standard InChI is InChI=1S/C49H69ClN10O12/c1-27(37(61)44-54-25-33(24-51)69-44)56-40(63)34(14-12-13-23-53-45(67)71-48(6,7)8)57-43(66)38(52)60-42(65)36(28(2)70-47(3,4)5)59-41(64)35(26-55-46(68)72-49(9,10)11)58-39(62)31-17-15-29(16-18-31)30-19-21-32(50)22-20-30/h15-22,25,27-28,34-38,61H,12-14,23,26,52H2,1-11H3,(H,53,67)(H,55,68)(H,56,63)(H,57,66)(H,58,62)(H,59,64)(H,60,65)/t27-,28+,34-,35-,36-,37?,38+/m0/s1. The number of unbranched alkanes of at least 4 members (excludes halogenated alkanes) is 1. The molecule has 0 saturated heterocycles. The van der Waals surface area contributed by atoms with E-state index in [1.165, 1.54) is 13.8 Å². The van der Waals surface area contributed by atoms with Crippen molar-refractivity contribution in [3.8, 4) is 17.2 Å². The van der Waals surface area contributed by atoms with Crippen LogP contribution in [0, 0.1) is 11.3 Å². The topological polar surface area (TPSA) is 327 Å². The van der Waals surface area contributed by atoms with Crippen LogP contribution in [0.3, 0.4) is 0 Å². The smallest absolute Gasteiger partial charge is 0.407 e. The summed E-state index contributed by atoms with van der Waals surface area (Å²) < 4.78 is 21.9. The van der Waals surface area contributed by atoms with Gasteiger partial charge in [0, 0.05) is 17.1 Å². The number of alkyl carbamates (subject to hydrolysis) is 2. The van der Waals surface area contributed by atoms with Crippen molar-refractivity contribution in [3.05, 3.63) is 77.0 Å². The molecule has 2 aromatic carbocycles. The molecular formula is C49H69ClN10O12. The lowest BCUT2D eigenvalue weighted by Gasteiger charge is -2.32. The quantitative estimate of drug-likeness (QED) is 0.0508. The molecule has 0 spiro atoms. The van der Waals surface area contributed by atoms with Gasteiger partial charge in [0.25, 0.3) is 11.8 Å². The van der Waals surface area contributed by atoms with E-state index >= 15 is 0 Å². The van der Waals surface area contributed by atoms with E-state index < -0.39 is 108 Å². The van der Waals surface area contributed by atoms with Gasteiger partial charge < -0.3 is 66.7 Å². The number of aromatic nitrogens is 1. The molecule has 394 valence electrons. The van der Waals surface area contributed by atoms with Crippen molar-refractivity contribution < 1.29 is 57.3 Å². The summed E-state index contributed by atoms with van der Waals surface area (Å²) >= 11 is 6.04. The fourth-order valence-corrected chi connectivity index (χ4v) is 6.72. The van der Waals surface area contributed by atoms with Crippen molar-refractivity contribution in [1.29, 1.82) is 5.26 Å². The summed E-state index contributed by atoms with van der Waals surface area (Å²) in [6.07, 6.45) is -4.27. The van der Waals surface area contributed by atoms with Gasteiger partial charge >= 0.3 is 12.2 Å². The van der Waals surface area contributed by atoms with Gasteiger partial charge in [0.1, 0.15) is 41.5 Å². The predicted molar refractivity (Wildman–Crippen MR) is 265 cm³/mol. The first kappa shape index (κ1) is 59.5. The maximum Gasteiger partial charge on any atom is 0.407 e. The van der Waals surface area contributed by atoms with Gasteiger partial charge in [-0.15, -0.1) is 0 Å². The number of nitrogens with zero attached hydrogens (tertiary/aromatic N) is 2. The summed E-state index contributed by atoms with van der Waals surface area (Å²) in [6.45, 7) is 17.8. The first-order valence-corrected chi connectivity index (χ1v) is 23.6. The molecule has 7 amide bonds. The Hall–Kier alpha value is -6.80. The highest BCUT2D eigenvalue weighted by atomic mass is 35.5. The van der Waals surface area contributed by atoms with E-state index in [2.05, 4.69) is 42.2 Å². The van der Waals surface area contributed by atoms with Gasteiger partial charge in [-0.25, -0.2) is 14.6 Å². The summed E-state index contributed by atoms with van der Waals surface area (Å²) in [5.74, 6) is -4.85. The van der Waals surface area contributed by atoms with Crippen molar-refractivity contribution >= 4 is 53.3 Å². The highest BCUT2D eigenvalue weighted by molar-refractivity contribution is 6.30. The number of ether oxygens (including phenoxy) is 3. The first-order chi connectivity index (χ1) is 33.4. The van der Waals surface area contributed by atoms with E-state index in [-0.39, 0.29) is 36.6 Å². The number of hydrogen-bond donors (Lipinski definition) is 9. The number of oxazole rings is 1. The van der Waals surface area contributed by atoms with Crippen molar-refractivity contribution in [3.63, 3.8) is 0 Å². The molecule has 1 unspecified atom stereocenters. The fraction of sp³-hybridized carbons (Fsp3) is 0.531. The lowest BCUT2D eigenvalue weighted by atomic mass is 10.0. The van der Waals surface area contributed by atoms with Crippen LogP contribution < -0.4 is 43.0 Å². The Bertz CT molecular complexity index is 2370. The molecule has 0 aliphatic carbocycles. The molecule has 0 aliphatic rings. The second-order valence-corrected chi connectivity index (χ2v) is 20.2. The Morgan fingerprint density at radius 3 is 1.82 bits per heavy atom. The zero-order chi connectivity index (χ0) is 54.1. The molecule has 0 aliphatic heterocycles. The van der Waals surface area contributed by atoms with E-state index in [0.717, 1.165) is 17.3 Å². The van der Waals surface area contributed by atoms with Gasteiger partial charge in [0.15, 0.2) is 6.17 Å². The van der Waals surface area contributed by atoms with Crippen LogP contribution in [0.2, 0.25) is 5.02 Å². The number of carbonyl (C=O) groups excluding carboxylic acids is 7. The number of nitriles is 1. The van der Waals surface area contributed by atoms with Gasteiger partial charge in [-0.05, 0) is 131 Å². The molecule has 23 heteroatoms. The molecule has 0 saturated carbocycles. The number of rotatable bonds is 22. The number of halogens is 1. The molecule has 0 radical (unpaired) electrons. The lowest BCUT2D eigenvalue weighted by molar-refractivity contribution is -0.140. The molecule has 1 heterocycles. The third-order valence-corrected chi connectivity index (χ3v) is 10.2. The van der Waals surface area contributed by atoms with Crippen molar-refractivity contribution in [1.82, 2.24) is 42.2 Å². The second kappa shape index (κ2) is 26.6. The van der Waals surface area contributed by atoms with Crippen LogP contribution in [-0.2, 0) is 33.4 Å². The van der Waals surface area contributed by atoms with Gasteiger partial charge in [-0.2, -0.15) is 5.26 Å². The van der Waals surface area contributed by atoms with Gasteiger partial charge in [-0.3, -0.25) is 24.0 Å². The molecule has 3 rings (SSSR count). The summed E-state index contributed by atoms with van der Waals surface area (Å²) in [4.78, 5) is 98.2. The average molecular weight is 1030 g/mol. The van der Waals surface area contributed by atoms with Crippen molar-refractivity contribution in [2.24, 2.45) is 5.73 Å². The molecule has 0 fully saturated rings. The Balaban J connectivity index is 1.84. The van der Waals surface area contributed by atoms with Gasteiger partial charge in [-0.1, -0.05) is 35.9 Å². The molecule has 10 N–H and O–H groups in total. The van der Waals surface area contributed by atoms with Crippen LogP contribution in [0.15, 0.2) is 59.1 Å². The lowest BCUT2D eigenvalue weighted by Crippen LogP contribution is -2.64. The van der Waals surface area contributed by atoms with Crippen LogP contribution in [0.25, 0.3) is 11.1 Å². The van der Waals surface area contributed by atoms with Crippen LogP contribution in [0.4, 0.5) is 9.59 Å². The molecule has 1 aromatic heterocycles. The van der Waals surface area contributed by atoms with Gasteiger partial charge in [0.2, 0.25) is 29.4 Å². The second-order valence-electron chi connectivity index (χ2n) is 19.8. The molecule has 0 bridgehead atoms. The van der Waals surface area contributed by atoms with E-state index in [4.69, 9.17) is 41.2 Å². The van der Waals surface area contributed by atoms with Gasteiger partial charge in [0.05, 0.1) is 30.5 Å². The summed E-state index contributed by atoms with van der Waals surface area (Å²) in [7, 11) is 0. The summed E-state index contributed by atoms with van der Waals surface area (Å²) in [5, 5.41) is 38.2. The Labute approximate surface area is 424 Å². The normalized spacial score (nSPS) is 14.6. The fourth-order valence-electron chi connectivity index (χ4n) is 6.59. The zero-order valence-corrected chi connectivity index (χ0v) is 43.3. The molecule has 3 aromatic rings. The number of amides is 7. The Morgan fingerprint density at radius 2 is 1.28 bits per heavy atom. The maximum atomic E-state index is 14.2. The average Bonchev–Trinajstić information content (AvgIpc) is 3.76. The maximum absolute atomic E-state index is 14.2. The van der Waals surface area contributed by atoms with Crippen LogP contribution in [0.5, 0.6) is 0 Å². The van der Waals surface area contributed by atoms with E-state index in [0.29, 0.717) is 11.4 Å². The van der Waals surface area contributed by atoms with E-state index in [9.17, 15) is 38.7 Å². The number of aliphatic hydroxyl groups excluding tert-OH is 1. The number of benzene rings is 2. The minimum atomic E-state index is -1.83. The molecule has 72 heavy (non-hydrogen) atoms. The summed E-state index contributed by atoms with van der Waals surface area (Å²) in [6, 6.07) is 9.89. The minimum absolute atomic E-state index is 0.0132. The number of hydrogen-bond acceptors (Lipinski definition) is 15. The highest BCUT2D eigenvalue weighted by Crippen LogP contribution is 2.23. The number of nitrogens with two attached hydrogens (primary N) is 1. The largest absolute Gasteiger partial charge is 0.444 e. The SMILES string of the molecule is C[C@H](NC(=O)[C@H](CCCCNC(=O)OC(C)(C)C)NC(=O)[C@H](N)NC(=O)[C@@H](NC(=O)[C@H](CNC(=O)OC(C)(C)C)NC(=O)c1ccc(-c2ccc(Cl)cc2)cc1)[C@@H](C)OC(C)(C)C)C(O)c1ncc(C#N)o1. The number of carbonyl (C=O) groups is 7. The van der Waals surface area contributed by atoms with Crippen molar-refractivity contribution in [2.75, 3.05) is 13.1 Å². The number of nitrogens with one attached hydrogen (secondary N) is 7. The van der Waals surface area contributed by atoms with Crippen molar-refractivity contribution in [2.45, 2.75) is 155 Å². The highest BCUT2D eigenvalue weighted by Gasteiger charge is 2.36. The predicted octanol–water partition coefficient (Wildman–Crippen LogP) is 4.00. The zero-order valence-electron chi connectivity index (χ0n) is 42.6. The molecular weight excluding hydrogens is 956 g/mol. The molecule has 7 atom stereocenters. The summed E-state index contributed by atoms with van der Waals surface area (Å²) in [5.41, 5.74) is 5.52. The Kier molecular flexibility index (Phi) is 22.0. The molecule has 22 nitrogen and oxygen atoms in total. The first-order valence-electron chi connectivity index (χ1n) is 23.2. The third kappa shape index (κ3) is 20.9. The number of aliphatic hydroxyl groups is 1. The third-order valence-electron chi connectivity index (χ3n) is 9.92. The van der Waals surface area contributed by atoms with E-state index in [1.54, 1.807) is 105 Å². The monoisotopic (exact) mass is 1020 g/mol. The van der Waals surface area contributed by atoms with Crippen LogP contribution in [-0.4, -0.2) is 118 Å². The van der Waals surface area contributed by atoms with Crippen LogP contribution >= 0.6 is 11.6 Å². The minimum Gasteiger partial charge on any atom is -0.444 e.